The predicted molar refractivity (Wildman–Crippen MR) is 300 cm³/mol. The van der Waals surface area contributed by atoms with E-state index in [2.05, 4.69) is 22.9 Å². The molecule has 0 bridgehead atoms. The van der Waals surface area contributed by atoms with Crippen molar-refractivity contribution >= 4 is 29.8 Å². The average molecular weight is 1180 g/mol. The molecule has 2 aromatic heterocycles. The number of pyridine rings is 1. The molecular formula is C60H86N6O18+2. The molecule has 1 amide bonds. The summed E-state index contributed by atoms with van der Waals surface area (Å²) in [6.07, 6.45) is 8.12. The van der Waals surface area contributed by atoms with Crippen LogP contribution in [0.25, 0.3) is 0 Å². The molecule has 5 atom stereocenters. The maximum Gasteiger partial charge on any atom is 0.304 e. The molecule has 1 saturated heterocycles. The van der Waals surface area contributed by atoms with Gasteiger partial charge in [-0.05, 0) is 68.5 Å². The third kappa shape index (κ3) is 24.0. The Morgan fingerprint density at radius 3 is 1.70 bits per heavy atom. The van der Waals surface area contributed by atoms with E-state index in [1.165, 1.54) is 24.1 Å². The Hall–Kier alpha value is -6.96. The number of aryl methyl sites for hydroxylation is 3. The number of ether oxygens (including phenoxy) is 13. The fraction of sp³-hybridized carbons (Fsp3) is 0.600. The maximum atomic E-state index is 13.1. The van der Waals surface area contributed by atoms with Gasteiger partial charge in [-0.15, -0.1) is 9.36 Å². The highest BCUT2D eigenvalue weighted by Gasteiger charge is 2.56. The first-order valence-corrected chi connectivity index (χ1v) is 29.1. The van der Waals surface area contributed by atoms with Crippen molar-refractivity contribution < 1.29 is 94.8 Å². The third-order valence-electron chi connectivity index (χ3n) is 13.3. The maximum absolute atomic E-state index is 13.1. The number of benzene rings is 2. The molecule has 2 aliphatic rings. The normalized spacial score (nSPS) is 19.4. The second kappa shape index (κ2) is 37.4. The molecule has 0 aliphatic carbocycles. The lowest BCUT2D eigenvalue weighted by Gasteiger charge is -2.41. The second-order valence-electron chi connectivity index (χ2n) is 20.1. The minimum atomic E-state index is -1.32. The van der Waals surface area contributed by atoms with Gasteiger partial charge in [-0.25, -0.2) is 0 Å². The third-order valence-corrected chi connectivity index (χ3v) is 13.3. The average Bonchev–Trinajstić information content (AvgIpc) is 1.41. The van der Waals surface area contributed by atoms with E-state index in [1.807, 2.05) is 52.8 Å². The molecular weight excluding hydrogens is 1090 g/mol. The lowest BCUT2D eigenvalue weighted by molar-refractivity contribution is -0.777. The highest BCUT2D eigenvalue weighted by atomic mass is 16.7. The van der Waals surface area contributed by atoms with E-state index in [-0.39, 0.29) is 12.5 Å². The minimum Gasteiger partial charge on any atom is -0.487 e. The Morgan fingerprint density at radius 2 is 1.11 bits per heavy atom. The number of hydrogen-bond donors (Lipinski definition) is 2. The number of nitrogens with zero attached hydrogens (tertiary/aromatic N) is 4. The first-order chi connectivity index (χ1) is 40.8. The van der Waals surface area contributed by atoms with Crippen molar-refractivity contribution in [2.75, 3.05) is 99.0 Å². The van der Waals surface area contributed by atoms with Crippen molar-refractivity contribution in [3.05, 3.63) is 90.0 Å². The van der Waals surface area contributed by atoms with Gasteiger partial charge in [-0.1, -0.05) is 37.5 Å². The number of carbonyl (C=O) groups is 5. The van der Waals surface area contributed by atoms with Crippen LogP contribution in [-0.4, -0.2) is 163 Å². The largest absolute Gasteiger partial charge is 0.487 e. The zero-order valence-electron chi connectivity index (χ0n) is 49.3. The Morgan fingerprint density at radius 1 is 0.583 bits per heavy atom. The van der Waals surface area contributed by atoms with Crippen molar-refractivity contribution in [2.24, 2.45) is 7.05 Å². The van der Waals surface area contributed by atoms with Crippen LogP contribution in [0, 0.1) is 0 Å². The van der Waals surface area contributed by atoms with E-state index in [0.29, 0.717) is 121 Å². The molecule has 4 aromatic rings. The zero-order valence-corrected chi connectivity index (χ0v) is 49.3. The lowest BCUT2D eigenvalue weighted by atomic mass is 9.97. The molecule has 84 heavy (non-hydrogen) atoms. The summed E-state index contributed by atoms with van der Waals surface area (Å²) in [7, 11) is 1.99. The van der Waals surface area contributed by atoms with E-state index in [9.17, 15) is 24.0 Å². The molecule has 0 unspecified atom stereocenters. The van der Waals surface area contributed by atoms with Crippen LogP contribution >= 0.6 is 0 Å². The van der Waals surface area contributed by atoms with Gasteiger partial charge >= 0.3 is 30.1 Å². The number of amides is 1. The van der Waals surface area contributed by atoms with Gasteiger partial charge in [0.2, 0.25) is 6.10 Å². The smallest absolute Gasteiger partial charge is 0.304 e. The van der Waals surface area contributed by atoms with Crippen LogP contribution in [0.4, 0.5) is 0 Å². The summed E-state index contributed by atoms with van der Waals surface area (Å²) in [6, 6.07) is 16.7. The van der Waals surface area contributed by atoms with Gasteiger partial charge in [-0.2, -0.15) is 4.57 Å². The van der Waals surface area contributed by atoms with E-state index in [0.717, 1.165) is 90.3 Å². The molecule has 24 nitrogen and oxygen atoms in total. The van der Waals surface area contributed by atoms with Crippen LogP contribution in [-0.2, 0) is 88.4 Å². The molecule has 24 heteroatoms. The molecule has 0 radical (unpaired) electrons. The number of rotatable bonds is 23. The summed E-state index contributed by atoms with van der Waals surface area (Å²) < 4.78 is 80.3. The number of aromatic nitrogens is 4. The summed E-state index contributed by atoms with van der Waals surface area (Å²) >= 11 is 0. The van der Waals surface area contributed by atoms with Crippen molar-refractivity contribution in [1.82, 2.24) is 20.5 Å². The summed E-state index contributed by atoms with van der Waals surface area (Å²) in [5.41, 5.74) is 2.67. The van der Waals surface area contributed by atoms with Crippen LogP contribution in [0.15, 0.2) is 73.2 Å². The highest BCUT2D eigenvalue weighted by molar-refractivity contribution is 5.93. The molecule has 462 valence electrons. The van der Waals surface area contributed by atoms with Gasteiger partial charge in [-0.3, -0.25) is 24.0 Å². The molecule has 2 aromatic carbocycles. The molecule has 0 saturated carbocycles. The summed E-state index contributed by atoms with van der Waals surface area (Å²) in [5.74, 6) is -0.433. The summed E-state index contributed by atoms with van der Waals surface area (Å²) in [4.78, 5) is 61.4. The molecule has 4 heterocycles. The Bertz CT molecular complexity index is 2620. The summed E-state index contributed by atoms with van der Waals surface area (Å²) in [5, 5.41) is 11.2. The van der Waals surface area contributed by atoms with Crippen LogP contribution < -0.4 is 38.8 Å². The van der Waals surface area contributed by atoms with Crippen LogP contribution in [0.2, 0.25) is 0 Å². The number of hydrogen-bond acceptors (Lipinski definition) is 20. The first-order valence-electron chi connectivity index (χ1n) is 29.1. The van der Waals surface area contributed by atoms with E-state index < -0.39 is 54.5 Å². The Labute approximate surface area is 491 Å². The number of fused-ring (bicyclic) bond motifs is 2. The van der Waals surface area contributed by atoms with Gasteiger partial charge in [0.15, 0.2) is 59.5 Å². The van der Waals surface area contributed by atoms with E-state index >= 15 is 0 Å². The SMILES string of the molecule is CC(=O)OC[C@H]1O[C@H]([n+]2ccc(C(=O)NCCCCCC[n+]3cc(CCCCCCNCc4ccc5c(c4)OCCOCCOCCOc4ccccc4OCCOCCOCCO5)n(C)n3)cc2)[C@@H](OC(C)=O)[C@@H](OC(C)=O)[C@@H]1OC(C)=O. The fourth-order valence-electron chi connectivity index (χ4n) is 9.32. The van der Waals surface area contributed by atoms with Crippen LogP contribution in [0.5, 0.6) is 23.0 Å². The number of unbranched alkanes of at least 4 members (excludes halogenated alkanes) is 6. The number of esters is 4. The van der Waals surface area contributed by atoms with E-state index in [4.69, 9.17) is 66.8 Å². The number of carbonyl (C=O) groups excluding carboxylic acids is 5. The van der Waals surface area contributed by atoms with Crippen molar-refractivity contribution in [3.8, 4) is 23.0 Å². The van der Waals surface area contributed by atoms with Crippen molar-refractivity contribution in [2.45, 2.75) is 129 Å². The molecule has 1 fully saturated rings. The topological polar surface area (TPSA) is 255 Å². The Kier molecular flexibility index (Phi) is 29.4. The zero-order chi connectivity index (χ0) is 59.7. The minimum absolute atomic E-state index is 0.276. The monoisotopic (exact) mass is 1180 g/mol. The van der Waals surface area contributed by atoms with Gasteiger partial charge < -0.3 is 72.2 Å². The van der Waals surface area contributed by atoms with Gasteiger partial charge in [0, 0.05) is 59.3 Å². The van der Waals surface area contributed by atoms with E-state index in [1.54, 1.807) is 24.5 Å². The van der Waals surface area contributed by atoms with Crippen LogP contribution in [0.3, 0.4) is 0 Å². The molecule has 0 spiro atoms. The lowest BCUT2D eigenvalue weighted by Crippen LogP contribution is -2.65. The summed E-state index contributed by atoms with van der Waals surface area (Å²) in [6.45, 7) is 12.1. The number of para-hydroxylation sites is 2. The van der Waals surface area contributed by atoms with Gasteiger partial charge in [0.1, 0.15) is 52.7 Å². The predicted octanol–water partition coefficient (Wildman–Crippen LogP) is 4.43. The van der Waals surface area contributed by atoms with Gasteiger partial charge in [0.25, 0.3) is 5.91 Å². The second-order valence-corrected chi connectivity index (χ2v) is 20.1. The fourth-order valence-corrected chi connectivity index (χ4v) is 9.32. The Balaban J connectivity index is 0.837. The molecule has 2 aliphatic heterocycles. The molecule has 2 N–H and O–H groups in total. The van der Waals surface area contributed by atoms with Crippen molar-refractivity contribution in [1.29, 1.82) is 0 Å². The van der Waals surface area contributed by atoms with Gasteiger partial charge in [0.05, 0.1) is 63.6 Å². The first kappa shape index (κ1) is 66.2. The van der Waals surface area contributed by atoms with Crippen molar-refractivity contribution in [3.63, 3.8) is 0 Å². The highest BCUT2D eigenvalue weighted by Crippen LogP contribution is 2.33. The quantitative estimate of drug-likeness (QED) is 0.0451. The standard InChI is InChI=1S/C60H85N6O18/c1-44(67)80-43-55-56(81-45(2)68)57(82-46(3)69)58(83-47(4)70)60(84-55)65-26-21-49(22-27-65)59(71)62-24-14-8-9-15-25-66-42-50(64(5)63-66)16-10-6-7-13-23-61-41-48-19-20-53-54(40-48)79-39-35-75-31-30-73-33-37-77-52-18-12-11-17-51(52)76-36-32-72-28-29-74-34-38-78-53/h11-12,17-22,26-27,40,42,55-58,60-61H,6-10,13-16,23-25,28-39,41,43H2,1-5H3/q+1/p+1/t55-,56-,57+,58+,60+/m1/s1. The number of nitrogens with one attached hydrogen (secondary N) is 2. The van der Waals surface area contributed by atoms with Crippen LogP contribution in [0.1, 0.15) is 107 Å². The molecule has 6 rings (SSSR count).